The van der Waals surface area contributed by atoms with Crippen molar-refractivity contribution in [2.24, 2.45) is 5.16 Å². The zero-order valence-corrected chi connectivity index (χ0v) is 8.79. The van der Waals surface area contributed by atoms with Crippen LogP contribution in [-0.4, -0.2) is 6.21 Å². The van der Waals surface area contributed by atoms with Gasteiger partial charge in [0.1, 0.15) is 6.61 Å². The van der Waals surface area contributed by atoms with E-state index >= 15 is 0 Å². The maximum absolute atomic E-state index is 12.2. The van der Waals surface area contributed by atoms with Crippen LogP contribution in [0.2, 0.25) is 0 Å². The number of hydrogen-bond acceptors (Lipinski definition) is 2. The van der Waals surface area contributed by atoms with Crippen LogP contribution < -0.4 is 0 Å². The van der Waals surface area contributed by atoms with Crippen molar-refractivity contribution in [1.82, 2.24) is 0 Å². The SMILES string of the molecule is CC/C=N/OCc1ccc(C(F)(F)F)cc1. The molecular formula is C11H12F3NO. The molecule has 88 valence electrons. The molecule has 2 nitrogen and oxygen atoms in total. The maximum Gasteiger partial charge on any atom is 0.416 e. The van der Waals surface area contributed by atoms with Gasteiger partial charge in [0.05, 0.1) is 5.56 Å². The zero-order chi connectivity index (χ0) is 12.0. The molecule has 0 saturated carbocycles. The Kier molecular flexibility index (Phi) is 4.34. The molecule has 0 saturated heterocycles. The first-order valence-electron chi connectivity index (χ1n) is 4.84. The predicted octanol–water partition coefficient (Wildman–Crippen LogP) is 3.62. The van der Waals surface area contributed by atoms with E-state index < -0.39 is 11.7 Å². The first-order valence-corrected chi connectivity index (χ1v) is 4.84. The molecule has 0 heterocycles. The molecule has 0 atom stereocenters. The second-order valence-corrected chi connectivity index (χ2v) is 3.16. The zero-order valence-electron chi connectivity index (χ0n) is 8.79. The second-order valence-electron chi connectivity index (χ2n) is 3.16. The molecule has 0 aromatic heterocycles. The van der Waals surface area contributed by atoms with Crippen molar-refractivity contribution in [3.63, 3.8) is 0 Å². The van der Waals surface area contributed by atoms with Gasteiger partial charge in [-0.15, -0.1) is 0 Å². The molecule has 0 N–H and O–H groups in total. The molecule has 0 unspecified atom stereocenters. The average Bonchev–Trinajstić information content (AvgIpc) is 2.24. The Bertz CT molecular complexity index is 343. The van der Waals surface area contributed by atoms with Crippen molar-refractivity contribution >= 4 is 6.21 Å². The summed E-state index contributed by atoms with van der Waals surface area (Å²) in [6, 6.07) is 4.82. The average molecular weight is 231 g/mol. The molecule has 0 fully saturated rings. The van der Waals surface area contributed by atoms with E-state index in [0.717, 1.165) is 18.6 Å². The van der Waals surface area contributed by atoms with Gasteiger partial charge in [-0.2, -0.15) is 13.2 Å². The highest BCUT2D eigenvalue weighted by atomic mass is 19.4. The largest absolute Gasteiger partial charge is 0.416 e. The monoisotopic (exact) mass is 231 g/mol. The minimum absolute atomic E-state index is 0.175. The highest BCUT2D eigenvalue weighted by molar-refractivity contribution is 5.55. The summed E-state index contributed by atoms with van der Waals surface area (Å²) >= 11 is 0. The summed E-state index contributed by atoms with van der Waals surface area (Å²) in [7, 11) is 0. The highest BCUT2D eigenvalue weighted by Crippen LogP contribution is 2.29. The second kappa shape index (κ2) is 5.53. The van der Waals surface area contributed by atoms with Gasteiger partial charge in [-0.05, 0) is 24.1 Å². The van der Waals surface area contributed by atoms with Crippen LogP contribution in [0.25, 0.3) is 0 Å². The van der Waals surface area contributed by atoms with Crippen LogP contribution in [-0.2, 0) is 17.6 Å². The fraction of sp³-hybridized carbons (Fsp3) is 0.364. The van der Waals surface area contributed by atoms with Crippen molar-refractivity contribution in [1.29, 1.82) is 0 Å². The lowest BCUT2D eigenvalue weighted by Gasteiger charge is -2.06. The third-order valence-electron chi connectivity index (χ3n) is 1.84. The Balaban J connectivity index is 2.55. The molecule has 1 rings (SSSR count). The molecule has 1 aromatic rings. The van der Waals surface area contributed by atoms with Crippen LogP contribution in [0.1, 0.15) is 24.5 Å². The van der Waals surface area contributed by atoms with Crippen LogP contribution in [0, 0.1) is 0 Å². The van der Waals surface area contributed by atoms with Crippen molar-refractivity contribution in [2.75, 3.05) is 0 Å². The fourth-order valence-electron chi connectivity index (χ4n) is 1.03. The molecule has 0 bridgehead atoms. The molecule has 0 aliphatic rings. The lowest BCUT2D eigenvalue weighted by atomic mass is 10.1. The van der Waals surface area contributed by atoms with E-state index in [1.165, 1.54) is 12.1 Å². The summed E-state index contributed by atoms with van der Waals surface area (Å²) in [6.07, 6.45) is -1.95. The molecule has 0 aliphatic carbocycles. The maximum atomic E-state index is 12.2. The number of benzene rings is 1. The number of hydrogen-bond donors (Lipinski definition) is 0. The Hall–Kier alpha value is -1.52. The van der Waals surface area contributed by atoms with Crippen LogP contribution in [0.5, 0.6) is 0 Å². The number of halogens is 3. The van der Waals surface area contributed by atoms with Gasteiger partial charge in [0, 0.05) is 6.21 Å². The van der Waals surface area contributed by atoms with Crippen LogP contribution >= 0.6 is 0 Å². The molecule has 16 heavy (non-hydrogen) atoms. The van der Waals surface area contributed by atoms with Gasteiger partial charge in [-0.25, -0.2) is 0 Å². The van der Waals surface area contributed by atoms with Gasteiger partial charge in [0.2, 0.25) is 0 Å². The standard InChI is InChI=1S/C11H12F3NO/c1-2-7-15-16-8-9-3-5-10(6-4-9)11(12,13)14/h3-7H,2,8H2,1H3/b15-7+. The van der Waals surface area contributed by atoms with E-state index in [1.54, 1.807) is 6.21 Å². The molecule has 5 heteroatoms. The Labute approximate surface area is 91.7 Å². The quantitative estimate of drug-likeness (QED) is 0.573. The number of rotatable bonds is 4. The minimum atomic E-state index is -4.29. The van der Waals surface area contributed by atoms with E-state index in [9.17, 15) is 13.2 Å². The Morgan fingerprint density at radius 2 is 1.88 bits per heavy atom. The smallest absolute Gasteiger partial charge is 0.391 e. The van der Waals surface area contributed by atoms with Crippen LogP contribution in [0.15, 0.2) is 29.4 Å². The van der Waals surface area contributed by atoms with Crippen molar-refractivity contribution in [3.8, 4) is 0 Å². The summed E-state index contributed by atoms with van der Waals surface area (Å²) < 4.78 is 36.7. The molecule has 0 radical (unpaired) electrons. The lowest BCUT2D eigenvalue weighted by Crippen LogP contribution is -2.04. The van der Waals surface area contributed by atoms with Crippen LogP contribution in [0.4, 0.5) is 13.2 Å². The third-order valence-corrected chi connectivity index (χ3v) is 1.84. The summed E-state index contributed by atoms with van der Waals surface area (Å²) in [4.78, 5) is 4.87. The fourth-order valence-corrected chi connectivity index (χ4v) is 1.03. The van der Waals surface area contributed by atoms with E-state index in [-0.39, 0.29) is 6.61 Å². The third kappa shape index (κ3) is 3.92. The lowest BCUT2D eigenvalue weighted by molar-refractivity contribution is -0.137. The molecule has 1 aromatic carbocycles. The number of nitrogens with zero attached hydrogens (tertiary/aromatic N) is 1. The molecule has 0 spiro atoms. The molecular weight excluding hydrogens is 219 g/mol. The van der Waals surface area contributed by atoms with Crippen LogP contribution in [0.3, 0.4) is 0 Å². The van der Waals surface area contributed by atoms with Crippen molar-refractivity contribution in [3.05, 3.63) is 35.4 Å². The van der Waals surface area contributed by atoms with E-state index in [1.807, 2.05) is 6.92 Å². The summed E-state index contributed by atoms with van der Waals surface area (Å²) in [6.45, 7) is 2.08. The molecule has 0 aliphatic heterocycles. The van der Waals surface area contributed by atoms with Crippen molar-refractivity contribution in [2.45, 2.75) is 26.1 Å². The van der Waals surface area contributed by atoms with E-state index in [2.05, 4.69) is 5.16 Å². The van der Waals surface area contributed by atoms with Crippen molar-refractivity contribution < 1.29 is 18.0 Å². The van der Waals surface area contributed by atoms with E-state index in [4.69, 9.17) is 4.84 Å². The normalized spacial score (nSPS) is 12.0. The topological polar surface area (TPSA) is 21.6 Å². The van der Waals surface area contributed by atoms with Gasteiger partial charge in [0.15, 0.2) is 0 Å². The predicted molar refractivity (Wildman–Crippen MR) is 55.0 cm³/mol. The number of oxime groups is 1. The summed E-state index contributed by atoms with van der Waals surface area (Å²) in [5, 5.41) is 3.61. The van der Waals surface area contributed by atoms with Gasteiger partial charge in [-0.1, -0.05) is 24.2 Å². The highest BCUT2D eigenvalue weighted by Gasteiger charge is 2.29. The van der Waals surface area contributed by atoms with Gasteiger partial charge in [0.25, 0.3) is 0 Å². The Morgan fingerprint density at radius 3 is 2.38 bits per heavy atom. The number of alkyl halides is 3. The van der Waals surface area contributed by atoms with Gasteiger partial charge < -0.3 is 4.84 Å². The first kappa shape index (κ1) is 12.5. The first-order chi connectivity index (χ1) is 7.54. The van der Waals surface area contributed by atoms with Gasteiger partial charge in [-0.3, -0.25) is 0 Å². The minimum Gasteiger partial charge on any atom is -0.391 e. The van der Waals surface area contributed by atoms with E-state index in [0.29, 0.717) is 5.56 Å². The van der Waals surface area contributed by atoms with Gasteiger partial charge >= 0.3 is 6.18 Å². The molecule has 0 amide bonds. The summed E-state index contributed by atoms with van der Waals surface area (Å²) in [5.74, 6) is 0. The Morgan fingerprint density at radius 1 is 1.25 bits per heavy atom. The summed E-state index contributed by atoms with van der Waals surface area (Å²) in [5.41, 5.74) is -0.00503.